The molecule has 8 nitrogen and oxygen atoms in total. The van der Waals surface area contributed by atoms with Crippen LogP contribution >= 0.6 is 0 Å². The maximum atomic E-state index is 13.6. The number of nitrogens with one attached hydrogen (secondary N) is 1. The van der Waals surface area contributed by atoms with Crippen LogP contribution in [0.2, 0.25) is 0 Å². The Balaban J connectivity index is 2.41. The number of carbonyl (C=O) groups is 2. The molecular weight excluding hydrogens is 466 g/mol. The van der Waals surface area contributed by atoms with Crippen LogP contribution in [0.5, 0.6) is 5.75 Å². The van der Waals surface area contributed by atoms with Gasteiger partial charge in [-0.25, -0.2) is 8.42 Å². The fourth-order valence-electron chi connectivity index (χ4n) is 3.60. The minimum atomic E-state index is -3.83. The van der Waals surface area contributed by atoms with Crippen LogP contribution in [0.25, 0.3) is 0 Å². The van der Waals surface area contributed by atoms with Crippen LogP contribution in [-0.4, -0.2) is 57.6 Å². The number of aryl methyl sites for hydroxylation is 2. The van der Waals surface area contributed by atoms with Crippen molar-refractivity contribution in [1.82, 2.24) is 10.2 Å². The van der Waals surface area contributed by atoms with Gasteiger partial charge in [0.2, 0.25) is 21.8 Å². The van der Waals surface area contributed by atoms with E-state index in [0.717, 1.165) is 40.1 Å². The number of hydrogen-bond acceptors (Lipinski definition) is 5. The summed E-state index contributed by atoms with van der Waals surface area (Å²) in [5.74, 6) is -0.431. The van der Waals surface area contributed by atoms with E-state index in [0.29, 0.717) is 12.3 Å². The number of carbonyl (C=O) groups excluding carboxylic acids is 2. The van der Waals surface area contributed by atoms with Gasteiger partial charge in [-0.3, -0.25) is 13.9 Å². The molecule has 2 rings (SSSR count). The zero-order valence-corrected chi connectivity index (χ0v) is 22.3. The number of sulfonamides is 1. The van der Waals surface area contributed by atoms with Crippen molar-refractivity contribution in [1.29, 1.82) is 0 Å². The van der Waals surface area contributed by atoms with Crippen LogP contribution in [0, 0.1) is 13.8 Å². The lowest BCUT2D eigenvalue weighted by atomic mass is 10.1. The van der Waals surface area contributed by atoms with Crippen molar-refractivity contribution in [2.24, 2.45) is 0 Å². The van der Waals surface area contributed by atoms with E-state index in [-0.39, 0.29) is 18.1 Å². The summed E-state index contributed by atoms with van der Waals surface area (Å²) in [6, 6.07) is 12.0. The lowest BCUT2D eigenvalue weighted by Crippen LogP contribution is -2.51. The van der Waals surface area contributed by atoms with E-state index in [9.17, 15) is 18.0 Å². The SMILES string of the molecule is CCCCNC(=O)[C@@H](C)N(Cc1ccc(C)cc1)C(=O)CN(c1cc(C)ccc1OC)S(C)(=O)=O. The summed E-state index contributed by atoms with van der Waals surface area (Å²) in [5.41, 5.74) is 3.02. The zero-order valence-electron chi connectivity index (χ0n) is 21.5. The average Bonchev–Trinajstić information content (AvgIpc) is 2.80. The van der Waals surface area contributed by atoms with Crippen molar-refractivity contribution in [3.05, 3.63) is 59.2 Å². The van der Waals surface area contributed by atoms with E-state index in [4.69, 9.17) is 4.74 Å². The van der Waals surface area contributed by atoms with Crippen LogP contribution in [0.3, 0.4) is 0 Å². The van der Waals surface area contributed by atoms with Crippen molar-refractivity contribution in [3.8, 4) is 5.75 Å². The van der Waals surface area contributed by atoms with E-state index < -0.39 is 28.5 Å². The predicted octanol–water partition coefficient (Wildman–Crippen LogP) is 3.41. The second kappa shape index (κ2) is 12.6. The van der Waals surface area contributed by atoms with Gasteiger partial charge < -0.3 is 15.0 Å². The van der Waals surface area contributed by atoms with Gasteiger partial charge in [0.25, 0.3) is 0 Å². The Kier molecular flexibility index (Phi) is 10.1. The summed E-state index contributed by atoms with van der Waals surface area (Å²) < 4.78 is 31.9. The molecule has 0 aliphatic carbocycles. The van der Waals surface area contributed by atoms with Crippen molar-refractivity contribution >= 4 is 27.5 Å². The molecule has 0 bridgehead atoms. The van der Waals surface area contributed by atoms with Crippen LogP contribution in [0.4, 0.5) is 5.69 Å². The molecule has 0 saturated heterocycles. The van der Waals surface area contributed by atoms with Gasteiger partial charge in [-0.15, -0.1) is 0 Å². The maximum absolute atomic E-state index is 13.6. The molecule has 0 heterocycles. The molecule has 0 aliphatic heterocycles. The maximum Gasteiger partial charge on any atom is 0.244 e. The fraction of sp³-hybridized carbons (Fsp3) is 0.462. The van der Waals surface area contributed by atoms with E-state index in [1.165, 1.54) is 12.0 Å². The summed E-state index contributed by atoms with van der Waals surface area (Å²) >= 11 is 0. The molecule has 0 spiro atoms. The first-order valence-corrected chi connectivity index (χ1v) is 13.6. The van der Waals surface area contributed by atoms with Crippen molar-refractivity contribution < 1.29 is 22.7 Å². The summed E-state index contributed by atoms with van der Waals surface area (Å²) in [5, 5.41) is 2.87. The number of anilines is 1. The fourth-order valence-corrected chi connectivity index (χ4v) is 4.44. The number of hydrogen-bond donors (Lipinski definition) is 1. The van der Waals surface area contributed by atoms with Gasteiger partial charge in [0.05, 0.1) is 19.1 Å². The molecule has 35 heavy (non-hydrogen) atoms. The molecule has 0 saturated carbocycles. The standard InChI is InChI=1S/C26H37N3O5S/c1-7-8-15-27-26(31)21(4)28(17-22-12-9-19(2)10-13-22)25(30)18-29(35(6,32)33)23-16-20(3)11-14-24(23)34-5/h9-14,16,21H,7-8,15,17-18H2,1-6H3,(H,27,31)/t21-/m1/s1. The van der Waals surface area contributed by atoms with E-state index in [1.54, 1.807) is 25.1 Å². The third-order valence-electron chi connectivity index (χ3n) is 5.75. The quantitative estimate of drug-likeness (QED) is 0.448. The first kappa shape index (κ1) is 28.2. The lowest BCUT2D eigenvalue weighted by molar-refractivity contribution is -0.139. The number of benzene rings is 2. The molecule has 0 radical (unpaired) electrons. The molecule has 2 aromatic rings. The van der Waals surface area contributed by atoms with Crippen molar-refractivity contribution in [2.75, 3.05) is 30.8 Å². The minimum absolute atomic E-state index is 0.171. The summed E-state index contributed by atoms with van der Waals surface area (Å²) in [6.45, 7) is 7.71. The molecular formula is C26H37N3O5S. The molecule has 192 valence electrons. The average molecular weight is 504 g/mol. The Bertz CT molecular complexity index is 1120. The van der Waals surface area contributed by atoms with Crippen molar-refractivity contribution in [2.45, 2.75) is 53.1 Å². The van der Waals surface area contributed by atoms with Crippen molar-refractivity contribution in [3.63, 3.8) is 0 Å². The van der Waals surface area contributed by atoms with Gasteiger partial charge in [0.15, 0.2) is 0 Å². The van der Waals surface area contributed by atoms with E-state index >= 15 is 0 Å². The Morgan fingerprint density at radius 2 is 1.69 bits per heavy atom. The Morgan fingerprint density at radius 3 is 2.26 bits per heavy atom. The third kappa shape index (κ3) is 7.99. The third-order valence-corrected chi connectivity index (χ3v) is 6.88. The Hall–Kier alpha value is -3.07. The molecule has 0 aliphatic rings. The molecule has 0 fully saturated rings. The highest BCUT2D eigenvalue weighted by Crippen LogP contribution is 2.31. The van der Waals surface area contributed by atoms with Gasteiger partial charge in [0, 0.05) is 13.1 Å². The first-order valence-electron chi connectivity index (χ1n) is 11.7. The van der Waals surface area contributed by atoms with E-state index in [1.807, 2.05) is 45.0 Å². The predicted molar refractivity (Wildman–Crippen MR) is 139 cm³/mol. The summed E-state index contributed by atoms with van der Waals surface area (Å²) in [4.78, 5) is 27.9. The number of amides is 2. The summed E-state index contributed by atoms with van der Waals surface area (Å²) in [6.07, 6.45) is 2.81. The highest BCUT2D eigenvalue weighted by Gasteiger charge is 2.31. The normalized spacial score (nSPS) is 12.1. The number of nitrogens with zero attached hydrogens (tertiary/aromatic N) is 2. The first-order chi connectivity index (χ1) is 16.5. The smallest absolute Gasteiger partial charge is 0.244 e. The molecule has 2 aromatic carbocycles. The van der Waals surface area contributed by atoms with Gasteiger partial charge in [-0.1, -0.05) is 49.2 Å². The lowest BCUT2D eigenvalue weighted by Gasteiger charge is -2.32. The van der Waals surface area contributed by atoms with Gasteiger partial charge in [0.1, 0.15) is 18.3 Å². The highest BCUT2D eigenvalue weighted by molar-refractivity contribution is 7.92. The van der Waals surface area contributed by atoms with Crippen LogP contribution in [0.15, 0.2) is 42.5 Å². The molecule has 0 aromatic heterocycles. The Labute approximate surface area is 209 Å². The van der Waals surface area contributed by atoms with Crippen LogP contribution in [-0.2, 0) is 26.2 Å². The Morgan fingerprint density at radius 1 is 1.06 bits per heavy atom. The minimum Gasteiger partial charge on any atom is -0.495 e. The molecule has 2 amide bonds. The number of ether oxygens (including phenoxy) is 1. The second-order valence-electron chi connectivity index (χ2n) is 8.77. The largest absolute Gasteiger partial charge is 0.495 e. The monoisotopic (exact) mass is 503 g/mol. The van der Waals surface area contributed by atoms with Gasteiger partial charge >= 0.3 is 0 Å². The molecule has 1 N–H and O–H groups in total. The topological polar surface area (TPSA) is 96.0 Å². The van der Waals surface area contributed by atoms with Crippen LogP contribution < -0.4 is 14.4 Å². The number of methoxy groups -OCH3 is 1. The molecule has 1 atom stereocenters. The van der Waals surface area contributed by atoms with Crippen LogP contribution in [0.1, 0.15) is 43.4 Å². The number of rotatable bonds is 12. The zero-order chi connectivity index (χ0) is 26.2. The second-order valence-corrected chi connectivity index (χ2v) is 10.7. The highest BCUT2D eigenvalue weighted by atomic mass is 32.2. The summed E-state index contributed by atoms with van der Waals surface area (Å²) in [7, 11) is -2.39. The van der Waals surface area contributed by atoms with Gasteiger partial charge in [-0.05, 0) is 50.5 Å². The molecule has 0 unspecified atom stereocenters. The number of unbranched alkanes of at least 4 members (excludes halogenated alkanes) is 1. The molecule has 9 heteroatoms. The van der Waals surface area contributed by atoms with Gasteiger partial charge in [-0.2, -0.15) is 0 Å². The van der Waals surface area contributed by atoms with E-state index in [2.05, 4.69) is 5.32 Å².